The van der Waals surface area contributed by atoms with Crippen LogP contribution in [-0.2, 0) is 24.3 Å². The third-order valence-electron chi connectivity index (χ3n) is 5.23. The van der Waals surface area contributed by atoms with Crippen LogP contribution in [-0.4, -0.2) is 26.3 Å². The van der Waals surface area contributed by atoms with Gasteiger partial charge in [0, 0.05) is 18.5 Å². The van der Waals surface area contributed by atoms with E-state index >= 15 is 0 Å². The van der Waals surface area contributed by atoms with Gasteiger partial charge in [-0.15, -0.1) is 0 Å². The molecule has 6 nitrogen and oxygen atoms in total. The Balaban J connectivity index is 1.35. The first-order valence-corrected chi connectivity index (χ1v) is 9.64. The van der Waals surface area contributed by atoms with Crippen LogP contribution < -0.4 is 11.0 Å². The largest absolute Gasteiger partial charge is 0.351 e. The summed E-state index contributed by atoms with van der Waals surface area (Å²) in [5, 5.41) is 7.29. The van der Waals surface area contributed by atoms with E-state index in [9.17, 15) is 9.59 Å². The maximum Gasteiger partial charge on any atom is 0.346 e. The van der Waals surface area contributed by atoms with Crippen molar-refractivity contribution in [3.63, 3.8) is 0 Å². The Morgan fingerprint density at radius 3 is 2.50 bits per heavy atom. The minimum absolute atomic E-state index is 0.0456. The van der Waals surface area contributed by atoms with Crippen LogP contribution >= 0.6 is 0 Å². The topological polar surface area (TPSA) is 68.9 Å². The average molecular weight is 376 g/mol. The second kappa shape index (κ2) is 7.84. The van der Waals surface area contributed by atoms with E-state index in [1.165, 1.54) is 15.8 Å². The van der Waals surface area contributed by atoms with Crippen LogP contribution in [0, 0.1) is 6.92 Å². The zero-order valence-corrected chi connectivity index (χ0v) is 15.9. The number of aryl methyl sites for hydroxylation is 2. The molecule has 4 rings (SSSR count). The second-order valence-electron chi connectivity index (χ2n) is 7.30. The van der Waals surface area contributed by atoms with Crippen LogP contribution in [0.4, 0.5) is 0 Å². The molecular weight excluding hydrogens is 352 g/mol. The first-order chi connectivity index (χ1) is 13.6. The van der Waals surface area contributed by atoms with Gasteiger partial charge in [0.25, 0.3) is 0 Å². The third-order valence-corrected chi connectivity index (χ3v) is 5.23. The Hall–Kier alpha value is -3.15. The van der Waals surface area contributed by atoms with Crippen molar-refractivity contribution in [3.8, 4) is 0 Å². The van der Waals surface area contributed by atoms with E-state index < -0.39 is 0 Å². The number of hydrogen-bond acceptors (Lipinski definition) is 3. The van der Waals surface area contributed by atoms with E-state index in [1.54, 1.807) is 11.5 Å². The lowest BCUT2D eigenvalue weighted by molar-refractivity contribution is -0.122. The molecule has 6 heteroatoms. The number of carbonyl (C=O) groups excluding carboxylic acids is 1. The third kappa shape index (κ3) is 4.06. The molecule has 1 N–H and O–H groups in total. The first kappa shape index (κ1) is 18.2. The fourth-order valence-electron chi connectivity index (χ4n) is 3.61. The first-order valence-electron chi connectivity index (χ1n) is 9.64. The molecule has 1 amide bonds. The molecule has 1 fully saturated rings. The van der Waals surface area contributed by atoms with Gasteiger partial charge in [0.15, 0.2) is 0 Å². The lowest BCUT2D eigenvalue weighted by Crippen LogP contribution is -2.35. The van der Waals surface area contributed by atoms with Crippen LogP contribution in [0.3, 0.4) is 0 Å². The van der Waals surface area contributed by atoms with Crippen LogP contribution in [0.25, 0.3) is 0 Å². The number of nitrogens with zero attached hydrogens (tertiary/aromatic N) is 3. The summed E-state index contributed by atoms with van der Waals surface area (Å²) in [5.74, 6) is 0.826. The Kier molecular flexibility index (Phi) is 5.10. The van der Waals surface area contributed by atoms with Gasteiger partial charge >= 0.3 is 5.69 Å². The van der Waals surface area contributed by atoms with Gasteiger partial charge in [-0.25, -0.2) is 9.48 Å². The Morgan fingerprint density at radius 1 is 1.11 bits per heavy atom. The minimum Gasteiger partial charge on any atom is -0.351 e. The highest BCUT2D eigenvalue weighted by atomic mass is 16.2. The van der Waals surface area contributed by atoms with E-state index in [2.05, 4.69) is 22.5 Å². The molecule has 1 aliphatic rings. The van der Waals surface area contributed by atoms with Crippen LogP contribution in [0.1, 0.15) is 29.3 Å². The summed E-state index contributed by atoms with van der Waals surface area (Å²) in [7, 11) is 0. The monoisotopic (exact) mass is 376 g/mol. The van der Waals surface area contributed by atoms with E-state index in [4.69, 9.17) is 0 Å². The Bertz CT molecular complexity index is 1010. The molecule has 3 aromatic rings. The number of hydrogen-bond donors (Lipinski definition) is 1. The zero-order chi connectivity index (χ0) is 19.5. The molecule has 0 aliphatic heterocycles. The van der Waals surface area contributed by atoms with Gasteiger partial charge in [-0.1, -0.05) is 60.7 Å². The SMILES string of the molecule is Cc1nn(CC(=O)N[C@@H]2C[C@H]2c2ccccc2)c(=O)n1CCc1ccccc1. The summed E-state index contributed by atoms with van der Waals surface area (Å²) in [6.07, 6.45) is 1.69. The summed E-state index contributed by atoms with van der Waals surface area (Å²) in [4.78, 5) is 25.0. The molecule has 2 atom stereocenters. The molecule has 1 heterocycles. The Labute approximate surface area is 163 Å². The van der Waals surface area contributed by atoms with Crippen LogP contribution in [0.2, 0.25) is 0 Å². The van der Waals surface area contributed by atoms with Gasteiger partial charge in [-0.05, 0) is 30.9 Å². The van der Waals surface area contributed by atoms with E-state index in [0.717, 1.165) is 12.8 Å². The molecule has 0 unspecified atom stereocenters. The van der Waals surface area contributed by atoms with Crippen molar-refractivity contribution >= 4 is 5.91 Å². The predicted octanol–water partition coefficient (Wildman–Crippen LogP) is 2.27. The average Bonchev–Trinajstić information content (AvgIpc) is 3.42. The normalized spacial score (nSPS) is 18.0. The fourth-order valence-corrected chi connectivity index (χ4v) is 3.61. The highest BCUT2D eigenvalue weighted by Crippen LogP contribution is 2.40. The summed E-state index contributed by atoms with van der Waals surface area (Å²) >= 11 is 0. The van der Waals surface area contributed by atoms with Crippen molar-refractivity contribution in [1.29, 1.82) is 0 Å². The molecule has 28 heavy (non-hydrogen) atoms. The predicted molar refractivity (Wildman–Crippen MR) is 107 cm³/mol. The highest BCUT2D eigenvalue weighted by Gasteiger charge is 2.39. The second-order valence-corrected chi connectivity index (χ2v) is 7.30. The number of amides is 1. The fraction of sp³-hybridized carbons (Fsp3) is 0.318. The molecule has 1 aliphatic carbocycles. The van der Waals surface area contributed by atoms with Gasteiger partial charge in [0.2, 0.25) is 5.91 Å². The molecule has 0 bridgehead atoms. The van der Waals surface area contributed by atoms with Crippen molar-refractivity contribution in [3.05, 3.63) is 88.1 Å². The van der Waals surface area contributed by atoms with E-state index in [1.807, 2.05) is 48.5 Å². The minimum atomic E-state index is -0.237. The quantitative estimate of drug-likeness (QED) is 0.688. The number of nitrogens with one attached hydrogen (secondary N) is 1. The Morgan fingerprint density at radius 2 is 1.79 bits per heavy atom. The molecule has 1 saturated carbocycles. The lowest BCUT2D eigenvalue weighted by Gasteiger charge is -2.05. The standard InChI is InChI=1S/C22H24N4O2/c1-16-24-26(22(28)25(16)13-12-17-8-4-2-5-9-17)15-21(27)23-20-14-19(20)18-10-6-3-7-11-18/h2-11,19-20H,12-15H2,1H3,(H,23,27)/t19-,20+/m0/s1. The van der Waals surface area contributed by atoms with Gasteiger partial charge in [0.1, 0.15) is 12.4 Å². The number of carbonyl (C=O) groups is 1. The number of rotatable bonds is 7. The van der Waals surface area contributed by atoms with Gasteiger partial charge in [0.05, 0.1) is 0 Å². The number of aromatic nitrogens is 3. The molecule has 0 saturated heterocycles. The highest BCUT2D eigenvalue weighted by molar-refractivity contribution is 5.76. The molecule has 0 radical (unpaired) electrons. The molecule has 2 aromatic carbocycles. The molecule has 1 aromatic heterocycles. The van der Waals surface area contributed by atoms with E-state index in [0.29, 0.717) is 18.3 Å². The van der Waals surface area contributed by atoms with E-state index in [-0.39, 0.29) is 24.2 Å². The van der Waals surface area contributed by atoms with Gasteiger partial charge in [-0.3, -0.25) is 9.36 Å². The van der Waals surface area contributed by atoms with Gasteiger partial charge in [-0.2, -0.15) is 5.10 Å². The van der Waals surface area contributed by atoms with Crippen LogP contribution in [0.15, 0.2) is 65.5 Å². The van der Waals surface area contributed by atoms with Crippen LogP contribution in [0.5, 0.6) is 0 Å². The maximum atomic E-state index is 12.6. The van der Waals surface area contributed by atoms with Crippen molar-refractivity contribution in [2.75, 3.05) is 0 Å². The van der Waals surface area contributed by atoms with Crippen molar-refractivity contribution in [2.24, 2.45) is 0 Å². The summed E-state index contributed by atoms with van der Waals surface area (Å²) in [5.41, 5.74) is 2.17. The summed E-state index contributed by atoms with van der Waals surface area (Å²) < 4.78 is 2.89. The van der Waals surface area contributed by atoms with Crippen molar-refractivity contribution < 1.29 is 4.79 Å². The molecule has 144 valence electrons. The van der Waals surface area contributed by atoms with Crippen molar-refractivity contribution in [1.82, 2.24) is 19.7 Å². The maximum absolute atomic E-state index is 12.6. The molecular formula is C22H24N4O2. The number of benzene rings is 2. The molecule has 0 spiro atoms. The lowest BCUT2D eigenvalue weighted by atomic mass is 10.1. The summed E-state index contributed by atoms with van der Waals surface area (Å²) in [6, 6.07) is 20.3. The smallest absolute Gasteiger partial charge is 0.346 e. The zero-order valence-electron chi connectivity index (χ0n) is 15.9. The van der Waals surface area contributed by atoms with Crippen molar-refractivity contribution in [2.45, 2.75) is 44.8 Å². The summed E-state index contributed by atoms with van der Waals surface area (Å²) in [6.45, 7) is 2.30. The van der Waals surface area contributed by atoms with Gasteiger partial charge < -0.3 is 5.32 Å².